The predicted molar refractivity (Wildman–Crippen MR) is 140 cm³/mol. The first-order valence-corrected chi connectivity index (χ1v) is 14.6. The summed E-state index contributed by atoms with van der Waals surface area (Å²) in [6.45, 7) is 3.68. The van der Waals surface area contributed by atoms with Crippen LogP contribution in [0.15, 0.2) is 12.1 Å². The number of carboxylic acid groups (broad SMARTS) is 1. The third-order valence-electron chi connectivity index (χ3n) is 10.3. The van der Waals surface area contributed by atoms with Crippen molar-refractivity contribution in [3.63, 3.8) is 0 Å². The molecule has 2 amide bonds. The van der Waals surface area contributed by atoms with E-state index in [0.29, 0.717) is 44.9 Å². The third kappa shape index (κ3) is 4.61. The molecule has 4 bridgehead atoms. The fourth-order valence-electron chi connectivity index (χ4n) is 8.06. The monoisotopic (exact) mass is 560 g/mol. The fourth-order valence-corrected chi connectivity index (χ4v) is 8.06. The van der Waals surface area contributed by atoms with Gasteiger partial charge < -0.3 is 25.2 Å². The number of hydrogen-bond acceptors (Lipinski definition) is 5. The van der Waals surface area contributed by atoms with Gasteiger partial charge in [0.25, 0.3) is 5.91 Å². The summed E-state index contributed by atoms with van der Waals surface area (Å²) in [5.74, 6) is -2.11. The Labute approximate surface area is 232 Å². The molecule has 0 aliphatic heterocycles. The first-order valence-electron chi connectivity index (χ1n) is 14.6. The quantitative estimate of drug-likeness (QED) is 0.409. The van der Waals surface area contributed by atoms with Crippen LogP contribution >= 0.6 is 0 Å². The average molecular weight is 561 g/mol. The van der Waals surface area contributed by atoms with Gasteiger partial charge in [-0.25, -0.2) is 8.78 Å². The molecule has 6 fully saturated rings. The maximum absolute atomic E-state index is 15.1. The second-order valence-electron chi connectivity index (χ2n) is 13.2. The van der Waals surface area contributed by atoms with E-state index in [-0.39, 0.29) is 59.5 Å². The maximum atomic E-state index is 15.1. The van der Waals surface area contributed by atoms with E-state index in [9.17, 15) is 23.9 Å². The number of hydrogen-bond donors (Lipinski definition) is 3. The Balaban J connectivity index is 1.17. The number of nitrogens with one attached hydrogen (secondary N) is 2. The van der Waals surface area contributed by atoms with Gasteiger partial charge in [-0.15, -0.1) is 0 Å². The molecule has 0 aromatic heterocycles. The zero-order valence-electron chi connectivity index (χ0n) is 23.1. The van der Waals surface area contributed by atoms with Crippen molar-refractivity contribution in [1.29, 1.82) is 0 Å². The molecule has 6 saturated carbocycles. The number of aliphatic carboxylic acids is 1. The number of halogens is 2. The lowest BCUT2D eigenvalue weighted by molar-refractivity contribution is -0.177. The van der Waals surface area contributed by atoms with Gasteiger partial charge in [-0.2, -0.15) is 0 Å². The van der Waals surface area contributed by atoms with Gasteiger partial charge in [0.2, 0.25) is 5.91 Å². The van der Waals surface area contributed by atoms with Crippen molar-refractivity contribution in [3.8, 4) is 11.5 Å². The molecule has 6 aliphatic carbocycles. The minimum Gasteiger partial charge on any atom is -0.493 e. The van der Waals surface area contributed by atoms with Crippen LogP contribution in [0, 0.1) is 29.0 Å². The van der Waals surface area contributed by atoms with Gasteiger partial charge in [0.15, 0.2) is 11.6 Å². The molecule has 40 heavy (non-hydrogen) atoms. The summed E-state index contributed by atoms with van der Waals surface area (Å²) in [6.07, 6.45) is 5.21. The topological polar surface area (TPSA) is 114 Å². The summed E-state index contributed by atoms with van der Waals surface area (Å²) in [5.41, 5.74) is -2.22. The van der Waals surface area contributed by atoms with E-state index in [1.165, 1.54) is 6.07 Å². The molecule has 0 heterocycles. The minimum absolute atomic E-state index is 0.0801. The van der Waals surface area contributed by atoms with Crippen LogP contribution in [0.25, 0.3) is 0 Å². The fraction of sp³-hybridized carbons (Fsp3) is 0.700. The van der Waals surface area contributed by atoms with Crippen molar-refractivity contribution in [3.05, 3.63) is 23.5 Å². The summed E-state index contributed by atoms with van der Waals surface area (Å²) >= 11 is 0. The molecule has 0 saturated heterocycles. The van der Waals surface area contributed by atoms with Crippen LogP contribution < -0.4 is 20.1 Å². The first-order chi connectivity index (χ1) is 18.9. The smallest absolute Gasteiger partial charge is 0.309 e. The van der Waals surface area contributed by atoms with Gasteiger partial charge in [-0.05, 0) is 76.7 Å². The number of fused-ring (bicyclic) bond motifs is 2. The number of carboxylic acids is 1. The van der Waals surface area contributed by atoms with Gasteiger partial charge in [0.1, 0.15) is 11.4 Å². The lowest BCUT2D eigenvalue weighted by atomic mass is 9.47. The van der Waals surface area contributed by atoms with Gasteiger partial charge in [-0.1, -0.05) is 0 Å². The molecule has 218 valence electrons. The zero-order chi connectivity index (χ0) is 28.4. The molecule has 4 atom stereocenters. The molecular weight excluding hydrogens is 522 g/mol. The molecule has 1 aromatic rings. The van der Waals surface area contributed by atoms with Crippen LogP contribution in [0.3, 0.4) is 0 Å². The Hall–Kier alpha value is -2.91. The van der Waals surface area contributed by atoms with Gasteiger partial charge >= 0.3 is 5.97 Å². The van der Waals surface area contributed by atoms with E-state index in [1.54, 1.807) is 13.8 Å². The van der Waals surface area contributed by atoms with E-state index >= 15 is 4.39 Å². The lowest BCUT2D eigenvalue weighted by Gasteiger charge is -2.66. The SMILES string of the molecule is CCOc1cc(F)c(OC2CCC(C)(C(=O)O)CC2)cc1C(=O)N[C@@H]1[C@H]2CC[C@H](C2)[C@@H]1C(=O)NC12CC(F)(C1)C2. The highest BCUT2D eigenvalue weighted by atomic mass is 19.1. The molecule has 7 rings (SSSR count). The highest BCUT2D eigenvalue weighted by Crippen LogP contribution is 2.63. The Morgan fingerprint density at radius 3 is 2.35 bits per heavy atom. The number of carbonyl (C=O) groups is 3. The predicted octanol–water partition coefficient (Wildman–Crippen LogP) is 4.54. The maximum Gasteiger partial charge on any atom is 0.309 e. The highest BCUT2D eigenvalue weighted by Gasteiger charge is 2.70. The van der Waals surface area contributed by atoms with Crippen molar-refractivity contribution in [2.24, 2.45) is 23.2 Å². The Bertz CT molecular complexity index is 1210. The molecule has 1 aromatic carbocycles. The van der Waals surface area contributed by atoms with E-state index in [0.717, 1.165) is 25.3 Å². The largest absolute Gasteiger partial charge is 0.493 e. The number of benzene rings is 1. The van der Waals surface area contributed by atoms with Crippen LogP contribution in [-0.4, -0.2) is 52.9 Å². The molecule has 0 radical (unpaired) electrons. The molecule has 6 aliphatic rings. The van der Waals surface area contributed by atoms with Crippen molar-refractivity contribution in [1.82, 2.24) is 10.6 Å². The molecule has 0 spiro atoms. The normalized spacial score (nSPS) is 39.0. The molecule has 10 heteroatoms. The number of carbonyl (C=O) groups excluding carboxylic acids is 2. The zero-order valence-corrected chi connectivity index (χ0v) is 23.1. The van der Waals surface area contributed by atoms with Crippen molar-refractivity contribution >= 4 is 17.8 Å². The summed E-state index contributed by atoms with van der Waals surface area (Å²) in [5, 5.41) is 15.7. The summed E-state index contributed by atoms with van der Waals surface area (Å²) < 4.78 is 40.6. The van der Waals surface area contributed by atoms with Crippen LogP contribution in [0.1, 0.15) is 88.4 Å². The van der Waals surface area contributed by atoms with Crippen LogP contribution in [0.5, 0.6) is 11.5 Å². The van der Waals surface area contributed by atoms with Crippen molar-refractivity contribution in [2.45, 2.75) is 101 Å². The number of ether oxygens (including phenoxy) is 2. The van der Waals surface area contributed by atoms with E-state index in [4.69, 9.17) is 9.47 Å². The Kier molecular flexibility index (Phi) is 6.53. The van der Waals surface area contributed by atoms with Gasteiger partial charge in [0.05, 0.1) is 29.6 Å². The van der Waals surface area contributed by atoms with E-state index < -0.39 is 34.3 Å². The summed E-state index contributed by atoms with van der Waals surface area (Å²) in [7, 11) is 0. The highest BCUT2D eigenvalue weighted by molar-refractivity contribution is 5.98. The third-order valence-corrected chi connectivity index (χ3v) is 10.3. The number of rotatable bonds is 9. The number of amides is 2. The molecule has 0 unspecified atom stereocenters. The Morgan fingerprint density at radius 2 is 1.73 bits per heavy atom. The first kappa shape index (κ1) is 27.3. The molecule has 3 N–H and O–H groups in total. The summed E-state index contributed by atoms with van der Waals surface area (Å²) in [6, 6.07) is 2.14. The second-order valence-corrected chi connectivity index (χ2v) is 13.2. The van der Waals surface area contributed by atoms with Crippen molar-refractivity contribution < 1.29 is 37.7 Å². The van der Waals surface area contributed by atoms with E-state index in [2.05, 4.69) is 10.6 Å². The minimum atomic E-state index is -1.11. The van der Waals surface area contributed by atoms with Crippen LogP contribution in [-0.2, 0) is 9.59 Å². The average Bonchev–Trinajstić information content (AvgIpc) is 3.47. The Morgan fingerprint density at radius 1 is 1.05 bits per heavy atom. The number of alkyl halides is 1. The molecule has 8 nitrogen and oxygen atoms in total. The van der Waals surface area contributed by atoms with E-state index in [1.807, 2.05) is 0 Å². The summed E-state index contributed by atoms with van der Waals surface area (Å²) in [4.78, 5) is 38.6. The van der Waals surface area contributed by atoms with Crippen molar-refractivity contribution in [2.75, 3.05) is 6.61 Å². The molecular formula is C30H38F2N2O6. The second kappa shape index (κ2) is 9.58. The van der Waals surface area contributed by atoms with Crippen LogP contribution in [0.2, 0.25) is 0 Å². The standard InChI is InChI=1S/C30H38F2N2O6/c1-3-39-21-12-20(31)22(40-18-6-8-28(2,9-7-18)27(37)38)11-19(21)25(35)33-24-17-5-4-16(10-17)23(24)26(36)34-30-13-29(32,14-30)15-30/h11-12,16-18,23-24H,3-10,13-15H2,1-2H3,(H,33,35)(H,34,36)(H,37,38)/t16-,17+,18?,23+,24-,28?,29?,30?/m1/s1. The van der Waals surface area contributed by atoms with Crippen LogP contribution in [0.4, 0.5) is 8.78 Å². The van der Waals surface area contributed by atoms with Gasteiger partial charge in [-0.3, -0.25) is 14.4 Å². The lowest BCUT2D eigenvalue weighted by Crippen LogP contribution is -2.77. The van der Waals surface area contributed by atoms with Gasteiger partial charge in [0, 0.05) is 36.9 Å².